The van der Waals surface area contributed by atoms with Gasteiger partial charge >= 0.3 is 0 Å². The van der Waals surface area contributed by atoms with E-state index in [9.17, 15) is 4.79 Å². The molecule has 0 saturated heterocycles. The highest BCUT2D eigenvalue weighted by Gasteiger charge is 2.21. The number of carbonyl (C=O) groups excluding carboxylic acids is 1. The molecule has 4 rings (SSSR count). The molecule has 0 atom stereocenters. The maximum atomic E-state index is 12.4. The maximum Gasteiger partial charge on any atom is 0.242 e. The molecule has 3 heterocycles. The first-order valence-corrected chi connectivity index (χ1v) is 8.46. The number of hydrogen-bond acceptors (Lipinski definition) is 5. The number of hydrogen-bond donors (Lipinski definition) is 1. The van der Waals surface area contributed by atoms with E-state index in [0.717, 1.165) is 24.0 Å². The van der Waals surface area contributed by atoms with Crippen molar-refractivity contribution in [1.29, 1.82) is 0 Å². The minimum atomic E-state index is 0.0943. The van der Waals surface area contributed by atoms with Crippen molar-refractivity contribution in [2.45, 2.75) is 13.0 Å². The first-order chi connectivity index (χ1) is 11.3. The van der Waals surface area contributed by atoms with Gasteiger partial charge in [-0.05, 0) is 35.6 Å². The van der Waals surface area contributed by atoms with Crippen LogP contribution < -0.4 is 5.32 Å². The summed E-state index contributed by atoms with van der Waals surface area (Å²) in [5.41, 5.74) is 2.95. The highest BCUT2D eigenvalue weighted by Crippen LogP contribution is 2.24. The summed E-state index contributed by atoms with van der Waals surface area (Å²) in [6.07, 6.45) is 2.62. The molecule has 0 aliphatic carbocycles. The first kappa shape index (κ1) is 14.1. The molecule has 1 aromatic carbocycles. The molecule has 1 amide bonds. The van der Waals surface area contributed by atoms with Gasteiger partial charge in [-0.2, -0.15) is 0 Å². The van der Waals surface area contributed by atoms with Crippen LogP contribution in [0.1, 0.15) is 10.4 Å². The number of thiophene rings is 1. The lowest BCUT2D eigenvalue weighted by molar-refractivity contribution is -0.130. The van der Waals surface area contributed by atoms with Crippen molar-refractivity contribution in [1.82, 2.24) is 14.9 Å². The van der Waals surface area contributed by atoms with Crippen LogP contribution in [0.3, 0.4) is 0 Å². The number of benzene rings is 1. The molecule has 6 heteroatoms. The molecule has 1 aliphatic heterocycles. The van der Waals surface area contributed by atoms with Crippen molar-refractivity contribution < 1.29 is 4.79 Å². The summed E-state index contributed by atoms with van der Waals surface area (Å²) >= 11 is 1.78. The predicted octanol–water partition coefficient (Wildman–Crippen LogP) is 2.69. The van der Waals surface area contributed by atoms with Gasteiger partial charge in [0.15, 0.2) is 0 Å². The van der Waals surface area contributed by atoms with Crippen LogP contribution in [0.2, 0.25) is 0 Å². The van der Waals surface area contributed by atoms with Crippen LogP contribution in [0.4, 0.5) is 5.82 Å². The zero-order valence-electron chi connectivity index (χ0n) is 12.5. The molecule has 23 heavy (non-hydrogen) atoms. The van der Waals surface area contributed by atoms with Gasteiger partial charge in [0.2, 0.25) is 5.91 Å². The molecule has 0 fully saturated rings. The Hall–Kier alpha value is -2.47. The summed E-state index contributed by atoms with van der Waals surface area (Å²) in [5.74, 6) is 0.724. The van der Waals surface area contributed by atoms with Gasteiger partial charge in [-0.3, -0.25) is 9.78 Å². The fraction of sp³-hybridized carbons (Fsp3) is 0.235. The van der Waals surface area contributed by atoms with Crippen molar-refractivity contribution in [2.24, 2.45) is 0 Å². The van der Waals surface area contributed by atoms with E-state index in [-0.39, 0.29) is 12.5 Å². The average molecular weight is 324 g/mol. The number of carbonyl (C=O) groups is 1. The Kier molecular flexibility index (Phi) is 3.67. The van der Waals surface area contributed by atoms with E-state index in [1.54, 1.807) is 17.5 Å². The van der Waals surface area contributed by atoms with Gasteiger partial charge in [0.05, 0.1) is 23.8 Å². The van der Waals surface area contributed by atoms with Gasteiger partial charge < -0.3 is 10.2 Å². The summed E-state index contributed by atoms with van der Waals surface area (Å²) in [7, 11) is 0. The van der Waals surface area contributed by atoms with Crippen LogP contribution in [-0.4, -0.2) is 33.9 Å². The molecule has 0 spiro atoms. The van der Waals surface area contributed by atoms with E-state index in [1.807, 2.05) is 29.2 Å². The molecule has 0 radical (unpaired) electrons. The van der Waals surface area contributed by atoms with Crippen LogP contribution >= 0.6 is 11.3 Å². The van der Waals surface area contributed by atoms with Crippen molar-refractivity contribution in [2.75, 3.05) is 18.4 Å². The molecule has 2 aromatic heterocycles. The summed E-state index contributed by atoms with van der Waals surface area (Å²) in [6.45, 7) is 1.74. The van der Waals surface area contributed by atoms with E-state index >= 15 is 0 Å². The molecular weight excluding hydrogens is 308 g/mol. The van der Waals surface area contributed by atoms with E-state index in [0.29, 0.717) is 12.4 Å². The van der Waals surface area contributed by atoms with Gasteiger partial charge in [0.25, 0.3) is 0 Å². The molecule has 0 bridgehead atoms. The van der Waals surface area contributed by atoms with Crippen molar-refractivity contribution in [3.63, 3.8) is 0 Å². The maximum absolute atomic E-state index is 12.4. The number of aromatic nitrogens is 2. The smallest absolute Gasteiger partial charge is 0.242 e. The molecule has 5 nitrogen and oxygen atoms in total. The van der Waals surface area contributed by atoms with Crippen LogP contribution in [0.25, 0.3) is 11.0 Å². The van der Waals surface area contributed by atoms with Crippen LogP contribution in [0, 0.1) is 0 Å². The fourth-order valence-corrected chi connectivity index (χ4v) is 3.67. The highest BCUT2D eigenvalue weighted by molar-refractivity contribution is 7.10. The second-order valence-corrected chi connectivity index (χ2v) is 6.53. The van der Waals surface area contributed by atoms with Gasteiger partial charge in [0.1, 0.15) is 5.82 Å². The number of anilines is 1. The molecule has 116 valence electrons. The van der Waals surface area contributed by atoms with E-state index in [1.165, 1.54) is 10.4 Å². The SMILES string of the molecule is O=C(CNc1cnc2ccccc2n1)N1CCc2sccc2C1. The third-order valence-corrected chi connectivity index (χ3v) is 5.05. The normalized spacial score (nSPS) is 13.8. The van der Waals surface area contributed by atoms with Crippen LogP contribution in [0.15, 0.2) is 41.9 Å². The fourth-order valence-electron chi connectivity index (χ4n) is 2.78. The molecule has 1 N–H and O–H groups in total. The number of para-hydroxylation sites is 2. The summed E-state index contributed by atoms with van der Waals surface area (Å²) in [6, 6.07) is 9.81. The third-order valence-electron chi connectivity index (χ3n) is 4.03. The van der Waals surface area contributed by atoms with Crippen molar-refractivity contribution in [3.05, 3.63) is 52.3 Å². The quantitative estimate of drug-likeness (QED) is 0.805. The molecule has 1 aliphatic rings. The van der Waals surface area contributed by atoms with Crippen LogP contribution in [0.5, 0.6) is 0 Å². The van der Waals surface area contributed by atoms with E-state index < -0.39 is 0 Å². The second-order valence-electron chi connectivity index (χ2n) is 5.53. The molecule has 0 saturated carbocycles. The topological polar surface area (TPSA) is 58.1 Å². The first-order valence-electron chi connectivity index (χ1n) is 7.58. The van der Waals surface area contributed by atoms with Gasteiger partial charge in [-0.1, -0.05) is 12.1 Å². The lowest BCUT2D eigenvalue weighted by atomic mass is 10.1. The van der Waals surface area contributed by atoms with E-state index in [4.69, 9.17) is 0 Å². The highest BCUT2D eigenvalue weighted by atomic mass is 32.1. The number of nitrogens with zero attached hydrogens (tertiary/aromatic N) is 3. The minimum absolute atomic E-state index is 0.0943. The summed E-state index contributed by atoms with van der Waals surface area (Å²) < 4.78 is 0. The Bertz CT molecular complexity index is 860. The molecule has 0 unspecified atom stereocenters. The van der Waals surface area contributed by atoms with Crippen molar-refractivity contribution >= 4 is 34.1 Å². The van der Waals surface area contributed by atoms with E-state index in [2.05, 4.69) is 26.7 Å². The van der Waals surface area contributed by atoms with Gasteiger partial charge in [-0.25, -0.2) is 4.98 Å². The number of amides is 1. The Balaban J connectivity index is 1.41. The number of fused-ring (bicyclic) bond motifs is 2. The Morgan fingerprint density at radius 3 is 3.04 bits per heavy atom. The monoisotopic (exact) mass is 324 g/mol. The van der Waals surface area contributed by atoms with Gasteiger partial charge in [0, 0.05) is 18.0 Å². The van der Waals surface area contributed by atoms with Crippen LogP contribution in [-0.2, 0) is 17.8 Å². The Morgan fingerprint density at radius 2 is 2.13 bits per heavy atom. The third kappa shape index (κ3) is 2.90. The molecule has 3 aromatic rings. The molecular formula is C17H16N4OS. The Morgan fingerprint density at radius 1 is 1.26 bits per heavy atom. The Labute approximate surface area is 138 Å². The zero-order chi connectivity index (χ0) is 15.6. The lowest BCUT2D eigenvalue weighted by Crippen LogP contribution is -2.38. The number of nitrogens with one attached hydrogen (secondary N) is 1. The zero-order valence-corrected chi connectivity index (χ0v) is 13.3. The van der Waals surface area contributed by atoms with Gasteiger partial charge in [-0.15, -0.1) is 11.3 Å². The minimum Gasteiger partial charge on any atom is -0.360 e. The number of rotatable bonds is 3. The summed E-state index contributed by atoms with van der Waals surface area (Å²) in [4.78, 5) is 24.5. The lowest BCUT2D eigenvalue weighted by Gasteiger charge is -2.27. The average Bonchev–Trinajstić information content (AvgIpc) is 3.07. The van der Waals surface area contributed by atoms with Crippen molar-refractivity contribution in [3.8, 4) is 0 Å². The standard InChI is InChI=1S/C17H16N4OS/c22-17(21-7-5-15-12(11-21)6-8-23-15)10-19-16-9-18-13-3-1-2-4-14(13)20-16/h1-4,6,8-9H,5,7,10-11H2,(H,19,20). The largest absolute Gasteiger partial charge is 0.360 e. The second kappa shape index (κ2) is 5.96. The predicted molar refractivity (Wildman–Crippen MR) is 91.5 cm³/mol. The summed E-state index contributed by atoms with van der Waals surface area (Å²) in [5, 5.41) is 5.19.